The molecule has 7 nitrogen and oxygen atoms in total. The second kappa shape index (κ2) is 8.95. The quantitative estimate of drug-likeness (QED) is 0.449. The molecule has 3 aromatic rings. The Balaban J connectivity index is 1.79. The molecule has 0 saturated carbocycles. The molecular formula is C22H22ClN3O4S. The van der Waals surface area contributed by atoms with Crippen LogP contribution in [0.15, 0.2) is 47.1 Å². The average molecular weight is 460 g/mol. The normalized spacial score (nSPS) is 11.1. The van der Waals surface area contributed by atoms with Crippen molar-refractivity contribution in [2.24, 2.45) is 5.41 Å². The van der Waals surface area contributed by atoms with Gasteiger partial charge in [-0.05, 0) is 48.9 Å². The number of hydrogen-bond acceptors (Lipinski definition) is 5. The van der Waals surface area contributed by atoms with Crippen molar-refractivity contribution in [3.63, 3.8) is 0 Å². The summed E-state index contributed by atoms with van der Waals surface area (Å²) in [6.45, 7) is 7.24. The molecule has 3 N–H and O–H groups in total. The lowest BCUT2D eigenvalue weighted by atomic mass is 9.96. The molecular weight excluding hydrogens is 438 g/mol. The summed E-state index contributed by atoms with van der Waals surface area (Å²) in [5.74, 6) is -0.844. The number of anilines is 3. The molecule has 3 rings (SSSR count). The molecule has 1 aromatic carbocycles. The van der Waals surface area contributed by atoms with Gasteiger partial charge in [0, 0.05) is 10.4 Å². The van der Waals surface area contributed by atoms with E-state index in [0.29, 0.717) is 26.3 Å². The van der Waals surface area contributed by atoms with Gasteiger partial charge in [0.15, 0.2) is 5.76 Å². The van der Waals surface area contributed by atoms with Gasteiger partial charge in [-0.25, -0.2) is 0 Å². The van der Waals surface area contributed by atoms with E-state index in [-0.39, 0.29) is 17.6 Å². The third kappa shape index (κ3) is 5.53. The third-order valence-electron chi connectivity index (χ3n) is 4.26. The molecule has 2 heterocycles. The van der Waals surface area contributed by atoms with Crippen molar-refractivity contribution in [3.8, 4) is 0 Å². The first-order valence-electron chi connectivity index (χ1n) is 9.42. The lowest BCUT2D eigenvalue weighted by molar-refractivity contribution is -0.123. The predicted octanol–water partition coefficient (Wildman–Crippen LogP) is 5.79. The van der Waals surface area contributed by atoms with Crippen molar-refractivity contribution in [3.05, 3.63) is 63.9 Å². The number of furan rings is 1. The van der Waals surface area contributed by atoms with Crippen LogP contribution in [0.25, 0.3) is 0 Å². The SMILES string of the molecule is Cc1cc(NC(=O)C(C)(C)C)sc1C(=O)Nc1ccc(Cl)cc1NC(=O)c1ccco1. The molecule has 0 radical (unpaired) electrons. The maximum atomic E-state index is 12.9. The number of benzene rings is 1. The molecule has 0 saturated heterocycles. The number of carbonyl (C=O) groups excluding carboxylic acids is 3. The highest BCUT2D eigenvalue weighted by molar-refractivity contribution is 7.18. The Hall–Kier alpha value is -3.10. The standard InChI is InChI=1S/C22H22ClN3O4S/c1-12-10-17(26-21(29)22(2,3)4)31-18(12)20(28)24-14-8-7-13(23)11-15(14)25-19(27)16-6-5-9-30-16/h5-11H,1-4H3,(H,24,28)(H,25,27)(H,26,29). The van der Waals surface area contributed by atoms with E-state index in [9.17, 15) is 14.4 Å². The van der Waals surface area contributed by atoms with E-state index in [1.807, 2.05) is 20.8 Å². The molecule has 9 heteroatoms. The van der Waals surface area contributed by atoms with Gasteiger partial charge < -0.3 is 20.4 Å². The van der Waals surface area contributed by atoms with Gasteiger partial charge in [0.2, 0.25) is 5.91 Å². The molecule has 31 heavy (non-hydrogen) atoms. The summed E-state index contributed by atoms with van der Waals surface area (Å²) in [4.78, 5) is 37.9. The van der Waals surface area contributed by atoms with Crippen LogP contribution in [0.5, 0.6) is 0 Å². The Morgan fingerprint density at radius 2 is 1.68 bits per heavy atom. The van der Waals surface area contributed by atoms with E-state index >= 15 is 0 Å². The Morgan fingerprint density at radius 3 is 2.32 bits per heavy atom. The minimum absolute atomic E-state index is 0.130. The largest absolute Gasteiger partial charge is 0.459 e. The van der Waals surface area contributed by atoms with E-state index in [4.69, 9.17) is 16.0 Å². The van der Waals surface area contributed by atoms with Crippen molar-refractivity contribution < 1.29 is 18.8 Å². The van der Waals surface area contributed by atoms with Crippen LogP contribution in [-0.4, -0.2) is 17.7 Å². The number of nitrogens with one attached hydrogen (secondary N) is 3. The molecule has 0 bridgehead atoms. The minimum atomic E-state index is -0.551. The van der Waals surface area contributed by atoms with Crippen LogP contribution in [-0.2, 0) is 4.79 Å². The van der Waals surface area contributed by atoms with Crippen LogP contribution in [0.3, 0.4) is 0 Å². The van der Waals surface area contributed by atoms with E-state index in [2.05, 4.69) is 16.0 Å². The molecule has 2 aromatic heterocycles. The minimum Gasteiger partial charge on any atom is -0.459 e. The maximum absolute atomic E-state index is 12.9. The summed E-state index contributed by atoms with van der Waals surface area (Å²) < 4.78 is 5.10. The maximum Gasteiger partial charge on any atom is 0.291 e. The fourth-order valence-corrected chi connectivity index (χ4v) is 3.70. The monoisotopic (exact) mass is 459 g/mol. The molecule has 3 amide bonds. The zero-order chi connectivity index (χ0) is 22.8. The second-order valence-corrected chi connectivity index (χ2v) is 9.39. The zero-order valence-electron chi connectivity index (χ0n) is 17.5. The highest BCUT2D eigenvalue weighted by atomic mass is 35.5. The molecule has 0 aliphatic rings. The van der Waals surface area contributed by atoms with E-state index in [0.717, 1.165) is 5.56 Å². The first-order valence-corrected chi connectivity index (χ1v) is 10.6. The van der Waals surface area contributed by atoms with Gasteiger partial charge in [-0.3, -0.25) is 14.4 Å². The van der Waals surface area contributed by atoms with E-state index in [1.54, 1.807) is 31.2 Å². The smallest absolute Gasteiger partial charge is 0.291 e. The Labute approximate surface area is 188 Å². The Bertz CT molecular complexity index is 1130. The van der Waals surface area contributed by atoms with Crippen molar-refractivity contribution >= 4 is 57.0 Å². The van der Waals surface area contributed by atoms with E-state index in [1.165, 1.54) is 29.7 Å². The summed E-state index contributed by atoms with van der Waals surface area (Å²) in [5.41, 5.74) is 0.881. The summed E-state index contributed by atoms with van der Waals surface area (Å²) in [6, 6.07) is 9.63. The molecule has 0 unspecified atom stereocenters. The molecule has 0 aliphatic heterocycles. The van der Waals surface area contributed by atoms with Gasteiger partial charge in [-0.1, -0.05) is 32.4 Å². The van der Waals surface area contributed by atoms with Crippen LogP contribution in [0.4, 0.5) is 16.4 Å². The number of thiophene rings is 1. The van der Waals surface area contributed by atoms with Gasteiger partial charge in [0.25, 0.3) is 11.8 Å². The molecule has 162 valence electrons. The fraction of sp³-hybridized carbons (Fsp3) is 0.227. The van der Waals surface area contributed by atoms with Gasteiger partial charge in [0.1, 0.15) is 0 Å². The predicted molar refractivity (Wildman–Crippen MR) is 123 cm³/mol. The number of aryl methyl sites for hydroxylation is 1. The first-order chi connectivity index (χ1) is 14.5. The molecule has 0 aliphatic carbocycles. The summed E-state index contributed by atoms with van der Waals surface area (Å²) in [7, 11) is 0. The zero-order valence-corrected chi connectivity index (χ0v) is 19.0. The van der Waals surface area contributed by atoms with Gasteiger partial charge in [0.05, 0.1) is 27.5 Å². The summed E-state index contributed by atoms with van der Waals surface area (Å²) in [6.07, 6.45) is 1.39. The molecule has 0 spiro atoms. The van der Waals surface area contributed by atoms with Gasteiger partial charge in [-0.15, -0.1) is 11.3 Å². The van der Waals surface area contributed by atoms with Gasteiger partial charge in [-0.2, -0.15) is 0 Å². The van der Waals surface area contributed by atoms with Crippen molar-refractivity contribution in [2.75, 3.05) is 16.0 Å². The van der Waals surface area contributed by atoms with Crippen molar-refractivity contribution in [1.82, 2.24) is 0 Å². The number of amides is 3. The average Bonchev–Trinajstić information content (AvgIpc) is 3.33. The second-order valence-electron chi connectivity index (χ2n) is 7.90. The van der Waals surface area contributed by atoms with Crippen molar-refractivity contribution in [1.29, 1.82) is 0 Å². The third-order valence-corrected chi connectivity index (χ3v) is 5.65. The van der Waals surface area contributed by atoms with Crippen LogP contribution in [0.1, 0.15) is 46.6 Å². The van der Waals surface area contributed by atoms with Crippen LogP contribution in [0, 0.1) is 12.3 Å². The number of halogens is 1. The fourth-order valence-electron chi connectivity index (χ4n) is 2.57. The lowest BCUT2D eigenvalue weighted by Gasteiger charge is -2.16. The first kappa shape index (κ1) is 22.6. The highest BCUT2D eigenvalue weighted by Crippen LogP contribution is 2.31. The number of rotatable bonds is 5. The summed E-state index contributed by atoms with van der Waals surface area (Å²) in [5, 5.41) is 9.31. The van der Waals surface area contributed by atoms with Crippen LogP contribution >= 0.6 is 22.9 Å². The number of carbonyl (C=O) groups is 3. The number of hydrogen-bond donors (Lipinski definition) is 3. The molecule has 0 atom stereocenters. The van der Waals surface area contributed by atoms with Gasteiger partial charge >= 0.3 is 0 Å². The Morgan fingerprint density at radius 1 is 0.968 bits per heavy atom. The van der Waals surface area contributed by atoms with E-state index < -0.39 is 11.3 Å². The highest BCUT2D eigenvalue weighted by Gasteiger charge is 2.23. The van der Waals surface area contributed by atoms with Crippen LogP contribution in [0.2, 0.25) is 5.02 Å². The Kier molecular flexibility index (Phi) is 6.52. The summed E-state index contributed by atoms with van der Waals surface area (Å²) >= 11 is 7.25. The van der Waals surface area contributed by atoms with Crippen molar-refractivity contribution in [2.45, 2.75) is 27.7 Å². The van der Waals surface area contributed by atoms with Crippen LogP contribution < -0.4 is 16.0 Å². The topological polar surface area (TPSA) is 100 Å². The molecule has 0 fully saturated rings. The lowest BCUT2D eigenvalue weighted by Crippen LogP contribution is -2.27.